The van der Waals surface area contributed by atoms with Crippen molar-refractivity contribution in [1.29, 1.82) is 0 Å². The van der Waals surface area contributed by atoms with Crippen LogP contribution in [0.15, 0.2) is 47.8 Å². The fraction of sp³-hybridized carbons (Fsp3) is 0.150. The monoisotopic (exact) mass is 495 g/mol. The van der Waals surface area contributed by atoms with E-state index in [-0.39, 0.29) is 16.7 Å². The maximum Gasteiger partial charge on any atom is 0.267 e. The Morgan fingerprint density at radius 3 is 2.70 bits per heavy atom. The first kappa shape index (κ1) is 22.7. The number of aryl methyl sites for hydroxylation is 1. The maximum atomic E-state index is 15.1. The Labute approximate surface area is 192 Å². The number of hydrogen-bond acceptors (Lipinski definition) is 7. The Hall–Kier alpha value is -3.51. The first-order chi connectivity index (χ1) is 15.7. The first-order valence-electron chi connectivity index (χ1n) is 9.29. The number of nitrogens with zero attached hydrogens (tertiary/aromatic N) is 4. The van der Waals surface area contributed by atoms with Crippen molar-refractivity contribution in [3.8, 4) is 11.6 Å². The molecule has 0 saturated heterocycles. The van der Waals surface area contributed by atoms with Crippen LogP contribution in [0.5, 0.6) is 11.6 Å². The summed E-state index contributed by atoms with van der Waals surface area (Å²) >= 11 is 5.84. The molecule has 0 unspecified atom stereocenters. The quantitative estimate of drug-likeness (QED) is 0.416. The fourth-order valence-corrected chi connectivity index (χ4v) is 4.43. The lowest BCUT2D eigenvalue weighted by molar-refractivity contribution is 0.292. The largest absolute Gasteiger partial charge is 0.487 e. The number of fused-ring (bicyclic) bond motifs is 1. The van der Waals surface area contributed by atoms with Crippen molar-refractivity contribution in [2.24, 2.45) is 7.05 Å². The van der Waals surface area contributed by atoms with E-state index in [0.29, 0.717) is 11.0 Å². The SMILES string of the molecule is COc1ncc(Cl)cc1S(=O)(=O)Nc1ccc(F)c(COc2cnc3cnn(C)c3c2)c1F. The van der Waals surface area contributed by atoms with Gasteiger partial charge in [-0.3, -0.25) is 9.40 Å². The van der Waals surface area contributed by atoms with Gasteiger partial charge in [0, 0.05) is 19.3 Å². The van der Waals surface area contributed by atoms with E-state index in [9.17, 15) is 12.8 Å². The number of aromatic nitrogens is 4. The summed E-state index contributed by atoms with van der Waals surface area (Å²) in [6, 6.07) is 4.61. The van der Waals surface area contributed by atoms with E-state index in [0.717, 1.165) is 18.2 Å². The average Bonchev–Trinajstić information content (AvgIpc) is 3.16. The zero-order valence-corrected chi connectivity index (χ0v) is 18.8. The topological polar surface area (TPSA) is 108 Å². The highest BCUT2D eigenvalue weighted by Gasteiger charge is 2.24. The van der Waals surface area contributed by atoms with Gasteiger partial charge in [0.2, 0.25) is 5.88 Å². The average molecular weight is 496 g/mol. The zero-order valence-electron chi connectivity index (χ0n) is 17.2. The molecule has 0 atom stereocenters. The van der Waals surface area contributed by atoms with Gasteiger partial charge in [-0.25, -0.2) is 27.2 Å². The Morgan fingerprint density at radius 1 is 1.15 bits per heavy atom. The van der Waals surface area contributed by atoms with Crippen molar-refractivity contribution in [3.05, 3.63) is 65.1 Å². The molecular formula is C20H16ClF2N5O4S. The predicted octanol–water partition coefficient (Wildman–Crippen LogP) is 3.68. The smallest absolute Gasteiger partial charge is 0.267 e. The molecule has 1 N–H and O–H groups in total. The molecule has 0 aliphatic carbocycles. The number of nitrogens with one attached hydrogen (secondary N) is 1. The van der Waals surface area contributed by atoms with Crippen LogP contribution in [0.3, 0.4) is 0 Å². The van der Waals surface area contributed by atoms with Gasteiger partial charge in [-0.2, -0.15) is 5.10 Å². The molecule has 0 aliphatic heterocycles. The maximum absolute atomic E-state index is 15.1. The van der Waals surface area contributed by atoms with Crippen LogP contribution in [-0.2, 0) is 23.7 Å². The van der Waals surface area contributed by atoms with Crippen LogP contribution in [0.2, 0.25) is 5.02 Å². The molecule has 0 fully saturated rings. The van der Waals surface area contributed by atoms with E-state index in [2.05, 4.69) is 19.8 Å². The first-order valence-corrected chi connectivity index (χ1v) is 11.2. The van der Waals surface area contributed by atoms with E-state index in [4.69, 9.17) is 21.1 Å². The molecular weight excluding hydrogens is 480 g/mol. The van der Waals surface area contributed by atoms with Gasteiger partial charge in [-0.15, -0.1) is 0 Å². The third kappa shape index (κ3) is 4.52. The van der Waals surface area contributed by atoms with Gasteiger partial charge >= 0.3 is 0 Å². The third-order valence-electron chi connectivity index (χ3n) is 4.66. The van der Waals surface area contributed by atoms with Crippen LogP contribution in [-0.4, -0.2) is 35.3 Å². The molecule has 13 heteroatoms. The summed E-state index contributed by atoms with van der Waals surface area (Å²) in [5.74, 6) is -2.03. The molecule has 0 aliphatic rings. The summed E-state index contributed by atoms with van der Waals surface area (Å²) in [4.78, 5) is 7.54. The van der Waals surface area contributed by atoms with Crippen molar-refractivity contribution in [1.82, 2.24) is 19.7 Å². The number of rotatable bonds is 7. The highest BCUT2D eigenvalue weighted by Crippen LogP contribution is 2.29. The molecule has 3 aromatic heterocycles. The van der Waals surface area contributed by atoms with Gasteiger partial charge in [0.25, 0.3) is 10.0 Å². The minimum atomic E-state index is -4.37. The molecule has 1 aromatic carbocycles. The second-order valence-electron chi connectivity index (χ2n) is 6.79. The molecule has 0 amide bonds. The molecule has 4 aromatic rings. The molecule has 0 bridgehead atoms. The zero-order chi connectivity index (χ0) is 23.8. The number of hydrogen-bond donors (Lipinski definition) is 1. The highest BCUT2D eigenvalue weighted by molar-refractivity contribution is 7.92. The van der Waals surface area contributed by atoms with Crippen molar-refractivity contribution in [3.63, 3.8) is 0 Å². The van der Waals surface area contributed by atoms with Gasteiger partial charge in [0.15, 0.2) is 10.7 Å². The number of anilines is 1. The lowest BCUT2D eigenvalue weighted by Crippen LogP contribution is -2.17. The van der Waals surface area contributed by atoms with Crippen molar-refractivity contribution < 1.29 is 26.7 Å². The number of benzene rings is 1. The molecule has 4 rings (SSSR count). The van der Waals surface area contributed by atoms with E-state index in [1.165, 1.54) is 19.5 Å². The lowest BCUT2D eigenvalue weighted by Gasteiger charge is -2.14. The van der Waals surface area contributed by atoms with E-state index in [1.54, 1.807) is 24.0 Å². The molecule has 0 saturated carbocycles. The molecule has 33 heavy (non-hydrogen) atoms. The van der Waals surface area contributed by atoms with Crippen molar-refractivity contribution in [2.45, 2.75) is 11.5 Å². The molecule has 3 heterocycles. The van der Waals surface area contributed by atoms with Crippen molar-refractivity contribution in [2.75, 3.05) is 11.8 Å². The van der Waals surface area contributed by atoms with E-state index in [1.807, 2.05) is 0 Å². The Kier molecular flexibility index (Phi) is 6.04. The van der Waals surface area contributed by atoms with Crippen LogP contribution in [0.4, 0.5) is 14.5 Å². The lowest BCUT2D eigenvalue weighted by atomic mass is 10.2. The summed E-state index contributed by atoms with van der Waals surface area (Å²) in [7, 11) is -1.43. The number of pyridine rings is 2. The second-order valence-corrected chi connectivity index (χ2v) is 8.87. The van der Waals surface area contributed by atoms with Crippen LogP contribution in [0.25, 0.3) is 11.0 Å². The third-order valence-corrected chi connectivity index (χ3v) is 6.22. The fourth-order valence-electron chi connectivity index (χ4n) is 3.00. The van der Waals surface area contributed by atoms with Gasteiger partial charge in [0.1, 0.15) is 23.7 Å². The summed E-state index contributed by atoms with van der Waals surface area (Å²) in [6.07, 6.45) is 4.16. The van der Waals surface area contributed by atoms with Crippen LogP contribution in [0, 0.1) is 11.6 Å². The number of ether oxygens (including phenoxy) is 2. The minimum absolute atomic E-state index is 0.0313. The van der Waals surface area contributed by atoms with E-state index >= 15 is 4.39 Å². The highest BCUT2D eigenvalue weighted by atomic mass is 35.5. The molecule has 0 spiro atoms. The normalized spacial score (nSPS) is 11.5. The Balaban J connectivity index is 1.61. The van der Waals surface area contributed by atoms with Gasteiger partial charge in [-0.1, -0.05) is 11.6 Å². The number of methoxy groups -OCH3 is 1. The molecule has 9 nitrogen and oxygen atoms in total. The summed E-state index contributed by atoms with van der Waals surface area (Å²) in [5, 5.41) is 4.09. The second kappa shape index (κ2) is 8.79. The van der Waals surface area contributed by atoms with Crippen LogP contribution < -0.4 is 14.2 Å². The summed E-state index contributed by atoms with van der Waals surface area (Å²) in [6.45, 7) is -0.514. The standard InChI is InChI=1S/C20H16ClF2N5O4S/c1-28-17-6-12(8-24-16(17)9-26-28)32-10-13-14(22)3-4-15(19(13)23)27-33(29,30)18-5-11(21)7-25-20(18)31-2/h3-9,27H,10H2,1-2H3. The Bertz CT molecular complexity index is 1460. The minimum Gasteiger partial charge on any atom is -0.487 e. The number of halogens is 3. The van der Waals surface area contributed by atoms with E-state index < -0.39 is 44.4 Å². The predicted molar refractivity (Wildman–Crippen MR) is 116 cm³/mol. The van der Waals surface area contributed by atoms with Gasteiger partial charge < -0.3 is 9.47 Å². The van der Waals surface area contributed by atoms with Crippen molar-refractivity contribution >= 4 is 38.3 Å². The number of sulfonamides is 1. The van der Waals surface area contributed by atoms with Crippen LogP contribution >= 0.6 is 11.6 Å². The molecule has 0 radical (unpaired) electrons. The summed E-state index contributed by atoms with van der Waals surface area (Å²) < 4.78 is 69.1. The van der Waals surface area contributed by atoms with Gasteiger partial charge in [-0.05, 0) is 18.2 Å². The molecule has 172 valence electrons. The van der Waals surface area contributed by atoms with Gasteiger partial charge in [0.05, 0.1) is 41.3 Å². The Morgan fingerprint density at radius 2 is 1.94 bits per heavy atom. The van der Waals surface area contributed by atoms with Crippen LogP contribution in [0.1, 0.15) is 5.56 Å². The summed E-state index contributed by atoms with van der Waals surface area (Å²) in [5.41, 5.74) is 0.331.